The standard InChI is InChI=1S/C13H18F3NO/c1-3-11(17-2)8-7-10-5-4-6-12(9-10)18-13(14,15)16/h4-6,9,11,17H,3,7-8H2,1-2H3. The Balaban J connectivity index is 2.59. The van der Waals surface area contributed by atoms with Crippen LogP contribution >= 0.6 is 0 Å². The summed E-state index contributed by atoms with van der Waals surface area (Å²) in [4.78, 5) is 0. The second kappa shape index (κ2) is 6.64. The summed E-state index contributed by atoms with van der Waals surface area (Å²) in [5.41, 5.74) is 0.852. The van der Waals surface area contributed by atoms with E-state index in [1.165, 1.54) is 12.1 Å². The fraction of sp³-hybridized carbons (Fsp3) is 0.538. The quantitative estimate of drug-likeness (QED) is 0.846. The van der Waals surface area contributed by atoms with Crippen LogP contribution in [0.4, 0.5) is 13.2 Å². The molecule has 0 spiro atoms. The van der Waals surface area contributed by atoms with Gasteiger partial charge in [0.25, 0.3) is 0 Å². The van der Waals surface area contributed by atoms with E-state index in [0.29, 0.717) is 6.04 Å². The van der Waals surface area contributed by atoms with E-state index in [9.17, 15) is 13.2 Å². The number of alkyl halides is 3. The average Bonchev–Trinajstić information content (AvgIpc) is 2.28. The zero-order valence-corrected chi connectivity index (χ0v) is 10.6. The van der Waals surface area contributed by atoms with Crippen molar-refractivity contribution in [3.63, 3.8) is 0 Å². The second-order valence-electron chi connectivity index (χ2n) is 4.13. The van der Waals surface area contributed by atoms with Gasteiger partial charge in [0.05, 0.1) is 0 Å². The minimum Gasteiger partial charge on any atom is -0.406 e. The largest absolute Gasteiger partial charge is 0.573 e. The summed E-state index contributed by atoms with van der Waals surface area (Å²) >= 11 is 0. The minimum atomic E-state index is -4.63. The normalized spacial score (nSPS) is 13.4. The maximum absolute atomic E-state index is 12.1. The van der Waals surface area contributed by atoms with Crippen molar-refractivity contribution in [2.75, 3.05) is 7.05 Å². The Morgan fingerprint density at radius 3 is 2.61 bits per heavy atom. The van der Waals surface area contributed by atoms with Gasteiger partial charge in [-0.3, -0.25) is 0 Å². The predicted octanol–water partition coefficient (Wildman–Crippen LogP) is 3.52. The Kier molecular flexibility index (Phi) is 5.47. The molecule has 5 heteroatoms. The van der Waals surface area contributed by atoms with Crippen molar-refractivity contribution in [2.24, 2.45) is 0 Å². The van der Waals surface area contributed by atoms with E-state index in [1.807, 2.05) is 13.1 Å². The first-order valence-corrected chi connectivity index (χ1v) is 5.96. The van der Waals surface area contributed by atoms with E-state index in [1.54, 1.807) is 6.07 Å². The fourth-order valence-corrected chi connectivity index (χ4v) is 1.79. The molecular formula is C13H18F3NO. The molecule has 0 saturated carbocycles. The van der Waals surface area contributed by atoms with E-state index in [0.717, 1.165) is 24.8 Å². The number of nitrogens with one attached hydrogen (secondary N) is 1. The minimum absolute atomic E-state index is 0.155. The van der Waals surface area contributed by atoms with Crippen molar-refractivity contribution in [3.8, 4) is 5.75 Å². The highest BCUT2D eigenvalue weighted by atomic mass is 19.4. The van der Waals surface area contributed by atoms with Crippen LogP contribution < -0.4 is 10.1 Å². The molecule has 0 aliphatic carbocycles. The molecule has 1 unspecified atom stereocenters. The summed E-state index contributed by atoms with van der Waals surface area (Å²) in [7, 11) is 1.89. The number of hydrogen-bond donors (Lipinski definition) is 1. The number of benzene rings is 1. The van der Waals surface area contributed by atoms with Gasteiger partial charge in [-0.1, -0.05) is 19.1 Å². The highest BCUT2D eigenvalue weighted by Crippen LogP contribution is 2.23. The highest BCUT2D eigenvalue weighted by Gasteiger charge is 2.31. The summed E-state index contributed by atoms with van der Waals surface area (Å²) in [6, 6.07) is 6.53. The van der Waals surface area contributed by atoms with E-state index in [2.05, 4.69) is 17.0 Å². The summed E-state index contributed by atoms with van der Waals surface area (Å²) in [6.07, 6.45) is -2.01. The first kappa shape index (κ1) is 14.8. The van der Waals surface area contributed by atoms with Gasteiger partial charge in [-0.05, 0) is 44.0 Å². The van der Waals surface area contributed by atoms with Crippen molar-refractivity contribution in [1.29, 1.82) is 0 Å². The van der Waals surface area contributed by atoms with Crippen LogP contribution in [0, 0.1) is 0 Å². The van der Waals surface area contributed by atoms with Gasteiger partial charge in [-0.15, -0.1) is 13.2 Å². The molecule has 1 atom stereocenters. The number of hydrogen-bond acceptors (Lipinski definition) is 2. The van der Waals surface area contributed by atoms with Gasteiger partial charge in [-0.25, -0.2) is 0 Å². The Morgan fingerprint density at radius 2 is 2.06 bits per heavy atom. The molecule has 2 nitrogen and oxygen atoms in total. The van der Waals surface area contributed by atoms with Crippen molar-refractivity contribution >= 4 is 0 Å². The van der Waals surface area contributed by atoms with Crippen LogP contribution in [0.1, 0.15) is 25.3 Å². The lowest BCUT2D eigenvalue weighted by molar-refractivity contribution is -0.274. The summed E-state index contributed by atoms with van der Waals surface area (Å²) in [5.74, 6) is -0.155. The first-order chi connectivity index (χ1) is 8.44. The monoisotopic (exact) mass is 261 g/mol. The average molecular weight is 261 g/mol. The zero-order valence-electron chi connectivity index (χ0n) is 10.6. The molecule has 1 rings (SSSR count). The van der Waals surface area contributed by atoms with Gasteiger partial charge in [-0.2, -0.15) is 0 Å². The third-order valence-electron chi connectivity index (χ3n) is 2.81. The van der Waals surface area contributed by atoms with Crippen LogP contribution in [0.5, 0.6) is 5.75 Å². The molecule has 0 amide bonds. The zero-order chi connectivity index (χ0) is 13.6. The molecule has 0 saturated heterocycles. The maximum Gasteiger partial charge on any atom is 0.573 e. The lowest BCUT2D eigenvalue weighted by Gasteiger charge is -2.14. The third kappa shape index (κ3) is 5.40. The van der Waals surface area contributed by atoms with E-state index in [4.69, 9.17) is 0 Å². The van der Waals surface area contributed by atoms with Gasteiger partial charge < -0.3 is 10.1 Å². The Bertz CT molecular complexity index is 361. The number of halogens is 3. The molecule has 1 N–H and O–H groups in total. The lowest BCUT2D eigenvalue weighted by atomic mass is 10.0. The van der Waals surface area contributed by atoms with Gasteiger partial charge >= 0.3 is 6.36 Å². The molecule has 0 radical (unpaired) electrons. The van der Waals surface area contributed by atoms with Crippen molar-refractivity contribution < 1.29 is 17.9 Å². The molecule has 0 fully saturated rings. The predicted molar refractivity (Wildman–Crippen MR) is 64.6 cm³/mol. The molecule has 1 aromatic rings. The van der Waals surface area contributed by atoms with Gasteiger partial charge in [0.2, 0.25) is 0 Å². The van der Waals surface area contributed by atoms with E-state index in [-0.39, 0.29) is 5.75 Å². The number of aryl methyl sites for hydroxylation is 1. The molecule has 102 valence electrons. The van der Waals surface area contributed by atoms with Crippen LogP contribution in [0.15, 0.2) is 24.3 Å². The Labute approximate surface area is 105 Å². The number of rotatable bonds is 6. The summed E-state index contributed by atoms with van der Waals surface area (Å²) in [5, 5.41) is 3.16. The fourth-order valence-electron chi connectivity index (χ4n) is 1.79. The smallest absolute Gasteiger partial charge is 0.406 e. The molecule has 0 aliphatic heterocycles. The Hall–Kier alpha value is -1.23. The molecule has 1 aromatic carbocycles. The van der Waals surface area contributed by atoms with Gasteiger partial charge in [0.15, 0.2) is 0 Å². The molecule has 0 heterocycles. The SMILES string of the molecule is CCC(CCc1cccc(OC(F)(F)F)c1)NC. The molecule has 0 aliphatic rings. The van der Waals surface area contributed by atoms with Crippen LogP contribution in [-0.2, 0) is 6.42 Å². The molecule has 18 heavy (non-hydrogen) atoms. The van der Waals surface area contributed by atoms with E-state index < -0.39 is 6.36 Å². The second-order valence-corrected chi connectivity index (χ2v) is 4.13. The van der Waals surface area contributed by atoms with Crippen LogP contribution in [-0.4, -0.2) is 19.5 Å². The summed E-state index contributed by atoms with van der Waals surface area (Å²) < 4.78 is 40.1. The van der Waals surface area contributed by atoms with Crippen LogP contribution in [0.3, 0.4) is 0 Å². The van der Waals surface area contributed by atoms with Crippen LogP contribution in [0.25, 0.3) is 0 Å². The van der Waals surface area contributed by atoms with Crippen LogP contribution in [0.2, 0.25) is 0 Å². The van der Waals surface area contributed by atoms with Gasteiger partial charge in [0.1, 0.15) is 5.75 Å². The van der Waals surface area contributed by atoms with Crippen molar-refractivity contribution in [2.45, 2.75) is 38.6 Å². The van der Waals surface area contributed by atoms with Gasteiger partial charge in [0, 0.05) is 6.04 Å². The topological polar surface area (TPSA) is 21.3 Å². The molecule has 0 aromatic heterocycles. The lowest BCUT2D eigenvalue weighted by Crippen LogP contribution is -2.24. The third-order valence-corrected chi connectivity index (χ3v) is 2.81. The molecule has 0 bridgehead atoms. The highest BCUT2D eigenvalue weighted by molar-refractivity contribution is 5.28. The summed E-state index contributed by atoms with van der Waals surface area (Å²) in [6.45, 7) is 2.07. The number of ether oxygens (including phenoxy) is 1. The van der Waals surface area contributed by atoms with Crippen molar-refractivity contribution in [3.05, 3.63) is 29.8 Å². The van der Waals surface area contributed by atoms with Crippen molar-refractivity contribution in [1.82, 2.24) is 5.32 Å². The first-order valence-electron chi connectivity index (χ1n) is 5.96. The Morgan fingerprint density at radius 1 is 1.33 bits per heavy atom. The maximum atomic E-state index is 12.1. The van der Waals surface area contributed by atoms with E-state index >= 15 is 0 Å². The molecular weight excluding hydrogens is 243 g/mol.